The van der Waals surface area contributed by atoms with E-state index in [1.54, 1.807) is 12.2 Å². The lowest BCUT2D eigenvalue weighted by Gasteiger charge is -2.20. The molecule has 0 saturated heterocycles. The van der Waals surface area contributed by atoms with Gasteiger partial charge in [-0.25, -0.2) is 9.13 Å². The van der Waals surface area contributed by atoms with Crippen molar-refractivity contribution >= 4 is 27.6 Å². The molecule has 0 rings (SSSR count). The van der Waals surface area contributed by atoms with Crippen molar-refractivity contribution in [2.45, 2.75) is 167 Å². The quantitative estimate of drug-likeness (QED) is 0.0127. The lowest BCUT2D eigenvalue weighted by Crippen LogP contribution is -2.30. The smallest absolute Gasteiger partial charge is 0.462 e. The number of aliphatic hydroxyl groups is 2. The number of hydrogen-bond donors (Lipinski definition) is 5. The minimum atomic E-state index is -4.89. The van der Waals surface area contributed by atoms with Gasteiger partial charge >= 0.3 is 27.6 Å². The molecule has 60 heavy (non-hydrogen) atoms. The Balaban J connectivity index is 4.75. The number of phosphoric ester groups is 2. The minimum Gasteiger partial charge on any atom is -0.462 e. The van der Waals surface area contributed by atoms with Crippen molar-refractivity contribution in [1.82, 2.24) is 0 Å². The molecule has 0 aliphatic rings. The van der Waals surface area contributed by atoms with E-state index in [0.717, 1.165) is 57.8 Å². The molecule has 0 aliphatic heterocycles. The van der Waals surface area contributed by atoms with Gasteiger partial charge in [0.15, 0.2) is 6.10 Å². The molecule has 0 aromatic heterocycles. The summed E-state index contributed by atoms with van der Waals surface area (Å²) in [4.78, 5) is 52.7. The standard InChI is InChI=1S/C44H76O14P2/c1-3-5-7-9-11-13-15-17-18-20-22-24-26-28-30-34-44(48)58-42(39-57-60(52,53)56-37-41(46)36-55-59(49,50)51)38-54-43(47)35-31-33-40(45)32-29-27-25-23-21-19-16-14-12-10-8-6-4-2/h12-15,17-19,21,25,27,29,32,40-42,45-46H,3-11,16,20,22-24,26,28,30-31,33-39H2,1-2H3,(H,52,53)(H2,49,50,51)/b14-12-,15-13-,18-17-,21-19-,27-25-,32-29+/t40-,41+,42-/m1/s1. The number of aliphatic hydroxyl groups excluding tert-OH is 2. The molecular weight excluding hydrogens is 814 g/mol. The molecule has 346 valence electrons. The van der Waals surface area contributed by atoms with Crippen molar-refractivity contribution in [3.63, 3.8) is 0 Å². The van der Waals surface area contributed by atoms with Gasteiger partial charge in [-0.2, -0.15) is 0 Å². The number of ether oxygens (including phenoxy) is 2. The van der Waals surface area contributed by atoms with Crippen molar-refractivity contribution in [3.05, 3.63) is 72.9 Å². The van der Waals surface area contributed by atoms with E-state index in [4.69, 9.17) is 23.8 Å². The maximum Gasteiger partial charge on any atom is 0.472 e. The van der Waals surface area contributed by atoms with E-state index < -0.39 is 72.3 Å². The van der Waals surface area contributed by atoms with Gasteiger partial charge in [0.25, 0.3) is 0 Å². The largest absolute Gasteiger partial charge is 0.472 e. The Labute approximate surface area is 359 Å². The van der Waals surface area contributed by atoms with Gasteiger partial charge in [-0.3, -0.25) is 23.2 Å². The summed E-state index contributed by atoms with van der Waals surface area (Å²) in [5.41, 5.74) is 0. The molecule has 0 heterocycles. The second kappa shape index (κ2) is 39.4. The molecule has 0 amide bonds. The monoisotopic (exact) mass is 890 g/mol. The minimum absolute atomic E-state index is 0.0398. The molecule has 0 spiro atoms. The van der Waals surface area contributed by atoms with Crippen molar-refractivity contribution in [3.8, 4) is 0 Å². The Morgan fingerprint density at radius 2 is 1.07 bits per heavy atom. The highest BCUT2D eigenvalue weighted by atomic mass is 31.2. The Bertz CT molecular complexity index is 1350. The number of hydrogen-bond acceptors (Lipinski definition) is 11. The van der Waals surface area contributed by atoms with Gasteiger partial charge in [0.05, 0.1) is 25.9 Å². The molecule has 1 unspecified atom stereocenters. The average molecular weight is 891 g/mol. The Morgan fingerprint density at radius 1 is 0.550 bits per heavy atom. The van der Waals surface area contributed by atoms with Crippen LogP contribution in [0.4, 0.5) is 0 Å². The zero-order valence-electron chi connectivity index (χ0n) is 36.1. The van der Waals surface area contributed by atoms with E-state index in [0.29, 0.717) is 19.3 Å². The maximum atomic E-state index is 12.7. The molecule has 0 aromatic carbocycles. The summed E-state index contributed by atoms with van der Waals surface area (Å²) in [6, 6.07) is 0. The Hall–Kier alpha value is -2.48. The van der Waals surface area contributed by atoms with Crippen LogP contribution in [-0.2, 0) is 41.8 Å². The number of carbonyl (C=O) groups excluding carboxylic acids is 2. The highest BCUT2D eigenvalue weighted by Gasteiger charge is 2.28. The zero-order chi connectivity index (χ0) is 44.6. The van der Waals surface area contributed by atoms with Crippen molar-refractivity contribution in [2.24, 2.45) is 0 Å². The third kappa shape index (κ3) is 42.2. The highest BCUT2D eigenvalue weighted by Crippen LogP contribution is 2.43. The molecule has 4 atom stereocenters. The van der Waals surface area contributed by atoms with Crippen molar-refractivity contribution < 1.29 is 66.7 Å². The van der Waals surface area contributed by atoms with Crippen LogP contribution in [0, 0.1) is 0 Å². The van der Waals surface area contributed by atoms with Gasteiger partial charge in [-0.05, 0) is 70.6 Å². The summed E-state index contributed by atoms with van der Waals surface area (Å²) in [6.45, 7) is 1.46. The number of esters is 2. The fraction of sp³-hybridized carbons (Fsp3) is 0.682. The van der Waals surface area contributed by atoms with Gasteiger partial charge in [0, 0.05) is 12.8 Å². The molecular formula is C44H76O14P2. The van der Waals surface area contributed by atoms with Crippen LogP contribution in [0.2, 0.25) is 0 Å². The number of phosphoric acid groups is 2. The first kappa shape index (κ1) is 57.5. The Kier molecular flexibility index (Phi) is 37.7. The molecule has 0 radical (unpaired) electrons. The molecule has 0 bridgehead atoms. The SMILES string of the molecule is CCCCC/C=C\C/C=C\C/C=C\C=C\[C@@H](O)CCCC(=O)OC[C@H](COP(=O)(O)OC[C@@H](O)COP(=O)(O)O)OC(=O)CCCCCCC/C=C\C=C/CCCCCC. The predicted octanol–water partition coefficient (Wildman–Crippen LogP) is 9.98. The lowest BCUT2D eigenvalue weighted by molar-refractivity contribution is -0.161. The fourth-order valence-electron chi connectivity index (χ4n) is 5.32. The van der Waals surface area contributed by atoms with E-state index >= 15 is 0 Å². The van der Waals surface area contributed by atoms with Crippen LogP contribution in [0.1, 0.15) is 149 Å². The molecule has 0 aliphatic carbocycles. The topological polar surface area (TPSA) is 216 Å². The summed E-state index contributed by atoms with van der Waals surface area (Å²) < 4.78 is 47.6. The van der Waals surface area contributed by atoms with Crippen LogP contribution in [0.5, 0.6) is 0 Å². The van der Waals surface area contributed by atoms with Gasteiger partial charge in [-0.15, -0.1) is 0 Å². The third-order valence-corrected chi connectivity index (χ3v) is 10.1. The van der Waals surface area contributed by atoms with E-state index in [1.807, 2.05) is 12.2 Å². The molecule has 16 heteroatoms. The van der Waals surface area contributed by atoms with Crippen molar-refractivity contribution in [2.75, 3.05) is 26.4 Å². The van der Waals surface area contributed by atoms with Crippen LogP contribution in [-0.4, -0.2) is 81.6 Å². The van der Waals surface area contributed by atoms with Gasteiger partial charge in [-0.1, -0.05) is 138 Å². The number of rotatable bonds is 40. The van der Waals surface area contributed by atoms with E-state index in [1.165, 1.54) is 44.9 Å². The number of allylic oxidation sites excluding steroid dienone is 11. The second-order valence-electron chi connectivity index (χ2n) is 14.5. The van der Waals surface area contributed by atoms with E-state index in [-0.39, 0.29) is 12.8 Å². The van der Waals surface area contributed by atoms with Crippen LogP contribution in [0.25, 0.3) is 0 Å². The first-order chi connectivity index (χ1) is 28.8. The van der Waals surface area contributed by atoms with Crippen molar-refractivity contribution in [1.29, 1.82) is 0 Å². The fourth-order valence-corrected chi connectivity index (χ4v) is 6.48. The summed E-state index contributed by atoms with van der Waals surface area (Å²) in [5.74, 6) is -1.26. The average Bonchev–Trinajstić information content (AvgIpc) is 3.20. The highest BCUT2D eigenvalue weighted by molar-refractivity contribution is 7.47. The van der Waals surface area contributed by atoms with Gasteiger partial charge in [0.1, 0.15) is 12.7 Å². The second-order valence-corrected chi connectivity index (χ2v) is 17.2. The molecule has 0 aromatic rings. The predicted molar refractivity (Wildman–Crippen MR) is 236 cm³/mol. The zero-order valence-corrected chi connectivity index (χ0v) is 37.9. The summed E-state index contributed by atoms with van der Waals surface area (Å²) >= 11 is 0. The van der Waals surface area contributed by atoms with Crippen LogP contribution < -0.4 is 0 Å². The summed E-state index contributed by atoms with van der Waals surface area (Å²) in [6.07, 6.45) is 39.2. The lowest BCUT2D eigenvalue weighted by atomic mass is 10.1. The van der Waals surface area contributed by atoms with Crippen LogP contribution in [0.15, 0.2) is 72.9 Å². The van der Waals surface area contributed by atoms with Gasteiger partial charge < -0.3 is 34.4 Å². The first-order valence-corrected chi connectivity index (χ1v) is 24.8. The normalized spacial score (nSPS) is 15.2. The van der Waals surface area contributed by atoms with Crippen LogP contribution in [0.3, 0.4) is 0 Å². The molecule has 14 nitrogen and oxygen atoms in total. The van der Waals surface area contributed by atoms with Gasteiger partial charge in [0.2, 0.25) is 0 Å². The molecule has 0 saturated carbocycles. The number of carbonyl (C=O) groups is 2. The Morgan fingerprint density at radius 3 is 1.75 bits per heavy atom. The molecule has 0 fully saturated rings. The molecule has 5 N–H and O–H groups in total. The van der Waals surface area contributed by atoms with E-state index in [2.05, 4.69) is 71.5 Å². The summed E-state index contributed by atoms with van der Waals surface area (Å²) in [5, 5.41) is 20.0. The van der Waals surface area contributed by atoms with E-state index in [9.17, 15) is 33.8 Å². The number of unbranched alkanes of at least 4 members (excludes halogenated alkanes) is 12. The summed E-state index contributed by atoms with van der Waals surface area (Å²) in [7, 11) is -9.74. The van der Waals surface area contributed by atoms with Crippen LogP contribution >= 0.6 is 15.6 Å². The first-order valence-electron chi connectivity index (χ1n) is 21.8. The third-order valence-electron chi connectivity index (χ3n) is 8.69. The maximum absolute atomic E-state index is 12.7.